The van der Waals surface area contributed by atoms with Gasteiger partial charge < -0.3 is 20.1 Å². The summed E-state index contributed by atoms with van der Waals surface area (Å²) < 4.78 is 10.8. The van der Waals surface area contributed by atoms with E-state index >= 15 is 0 Å². The minimum absolute atomic E-state index is 0.132. The summed E-state index contributed by atoms with van der Waals surface area (Å²) in [7, 11) is 0. The van der Waals surface area contributed by atoms with Crippen LogP contribution in [0, 0.1) is 5.41 Å². The van der Waals surface area contributed by atoms with Crippen LogP contribution >= 0.6 is 0 Å². The molecular formula is C14H26N2O3. The highest BCUT2D eigenvalue weighted by molar-refractivity contribution is 5.68. The third-order valence-corrected chi connectivity index (χ3v) is 4.01. The normalized spacial score (nSPS) is 27.0. The minimum atomic E-state index is -0.445. The molecule has 1 spiro atoms. The van der Waals surface area contributed by atoms with E-state index in [0.29, 0.717) is 0 Å². The summed E-state index contributed by atoms with van der Waals surface area (Å²) in [6.07, 6.45) is 2.66. The summed E-state index contributed by atoms with van der Waals surface area (Å²) in [4.78, 5) is 12.0. The van der Waals surface area contributed by atoms with Crippen LogP contribution in [0.5, 0.6) is 0 Å². The monoisotopic (exact) mass is 270 g/mol. The van der Waals surface area contributed by atoms with Gasteiger partial charge in [0.05, 0.1) is 0 Å². The molecule has 19 heavy (non-hydrogen) atoms. The minimum Gasteiger partial charge on any atom is -0.444 e. The zero-order valence-corrected chi connectivity index (χ0v) is 12.3. The van der Waals surface area contributed by atoms with Crippen LogP contribution in [0.15, 0.2) is 0 Å². The van der Waals surface area contributed by atoms with E-state index in [-0.39, 0.29) is 17.6 Å². The van der Waals surface area contributed by atoms with Gasteiger partial charge in [-0.15, -0.1) is 0 Å². The van der Waals surface area contributed by atoms with Crippen molar-refractivity contribution in [3.8, 4) is 0 Å². The molecule has 2 aliphatic heterocycles. The van der Waals surface area contributed by atoms with Crippen LogP contribution in [0.25, 0.3) is 0 Å². The van der Waals surface area contributed by atoms with E-state index in [4.69, 9.17) is 9.47 Å². The Balaban J connectivity index is 1.98. The molecule has 2 rings (SSSR count). The molecule has 2 fully saturated rings. The first-order valence-electron chi connectivity index (χ1n) is 7.19. The molecule has 110 valence electrons. The molecule has 0 bridgehead atoms. The molecule has 1 unspecified atom stereocenters. The van der Waals surface area contributed by atoms with Gasteiger partial charge in [0.25, 0.3) is 0 Å². The summed E-state index contributed by atoms with van der Waals surface area (Å²) >= 11 is 0. The average molecular weight is 270 g/mol. The molecule has 5 nitrogen and oxygen atoms in total. The maximum Gasteiger partial charge on any atom is 0.407 e. The van der Waals surface area contributed by atoms with Crippen molar-refractivity contribution in [1.82, 2.24) is 10.6 Å². The standard InChI is InChI=1S/C14H26N2O3/c1-13(2,3)19-12(17)16-11-4-7-15-10-14(11)5-8-18-9-6-14/h11,15H,4-10H2,1-3H3,(H,16,17). The molecule has 2 saturated heterocycles. The molecule has 0 aliphatic carbocycles. The highest BCUT2D eigenvalue weighted by Crippen LogP contribution is 2.37. The van der Waals surface area contributed by atoms with Crippen molar-refractivity contribution >= 4 is 6.09 Å². The maximum atomic E-state index is 12.0. The van der Waals surface area contributed by atoms with Crippen molar-refractivity contribution in [3.63, 3.8) is 0 Å². The molecule has 0 radical (unpaired) electrons. The SMILES string of the molecule is CC(C)(C)OC(=O)NC1CCNCC12CCOCC2. The van der Waals surface area contributed by atoms with Gasteiger partial charge in [0.15, 0.2) is 0 Å². The Morgan fingerprint density at radius 2 is 2.05 bits per heavy atom. The molecule has 1 atom stereocenters. The molecule has 2 heterocycles. The van der Waals surface area contributed by atoms with Gasteiger partial charge in [0.1, 0.15) is 5.60 Å². The Morgan fingerprint density at radius 1 is 1.37 bits per heavy atom. The van der Waals surface area contributed by atoms with Gasteiger partial charge in [-0.1, -0.05) is 0 Å². The first-order chi connectivity index (χ1) is 8.91. The highest BCUT2D eigenvalue weighted by Gasteiger charge is 2.43. The smallest absolute Gasteiger partial charge is 0.407 e. The number of hydrogen-bond acceptors (Lipinski definition) is 4. The molecular weight excluding hydrogens is 244 g/mol. The molecule has 0 saturated carbocycles. The zero-order valence-electron chi connectivity index (χ0n) is 12.3. The van der Waals surface area contributed by atoms with Crippen LogP contribution in [0.4, 0.5) is 4.79 Å². The van der Waals surface area contributed by atoms with Gasteiger partial charge in [-0.3, -0.25) is 0 Å². The van der Waals surface area contributed by atoms with Crippen LogP contribution in [0.2, 0.25) is 0 Å². The van der Waals surface area contributed by atoms with Gasteiger partial charge in [0, 0.05) is 31.2 Å². The first kappa shape index (κ1) is 14.6. The van der Waals surface area contributed by atoms with Crippen LogP contribution < -0.4 is 10.6 Å². The third kappa shape index (κ3) is 3.83. The number of piperidine rings is 1. The lowest BCUT2D eigenvalue weighted by atomic mass is 9.71. The van der Waals surface area contributed by atoms with E-state index in [1.165, 1.54) is 0 Å². The van der Waals surface area contributed by atoms with Gasteiger partial charge >= 0.3 is 6.09 Å². The van der Waals surface area contributed by atoms with Crippen LogP contribution in [-0.2, 0) is 9.47 Å². The quantitative estimate of drug-likeness (QED) is 0.761. The van der Waals surface area contributed by atoms with Gasteiger partial charge in [-0.05, 0) is 46.6 Å². The summed E-state index contributed by atoms with van der Waals surface area (Å²) in [6, 6.07) is 0.187. The van der Waals surface area contributed by atoms with Crippen molar-refractivity contribution in [2.24, 2.45) is 5.41 Å². The predicted molar refractivity (Wildman–Crippen MR) is 73.1 cm³/mol. The lowest BCUT2D eigenvalue weighted by molar-refractivity contribution is -0.0205. The van der Waals surface area contributed by atoms with Gasteiger partial charge in [-0.2, -0.15) is 0 Å². The summed E-state index contributed by atoms with van der Waals surface area (Å²) in [5, 5.41) is 6.53. The number of hydrogen-bond donors (Lipinski definition) is 2. The molecule has 0 aromatic heterocycles. The second-order valence-electron chi connectivity index (χ2n) is 6.64. The lowest BCUT2D eigenvalue weighted by Gasteiger charge is -2.46. The number of nitrogens with one attached hydrogen (secondary N) is 2. The Hall–Kier alpha value is -0.810. The van der Waals surface area contributed by atoms with E-state index in [0.717, 1.165) is 45.6 Å². The molecule has 2 aliphatic rings. The number of rotatable bonds is 1. The van der Waals surface area contributed by atoms with Crippen molar-refractivity contribution in [2.45, 2.75) is 51.7 Å². The summed E-state index contributed by atoms with van der Waals surface area (Å²) in [5.74, 6) is 0. The van der Waals surface area contributed by atoms with E-state index < -0.39 is 5.60 Å². The second kappa shape index (κ2) is 5.67. The molecule has 0 aromatic carbocycles. The maximum absolute atomic E-state index is 12.0. The van der Waals surface area contributed by atoms with E-state index in [2.05, 4.69) is 10.6 Å². The van der Waals surface area contributed by atoms with E-state index in [1.54, 1.807) is 0 Å². The van der Waals surface area contributed by atoms with E-state index in [9.17, 15) is 4.79 Å². The van der Waals surface area contributed by atoms with Crippen LogP contribution in [0.3, 0.4) is 0 Å². The van der Waals surface area contributed by atoms with Crippen molar-refractivity contribution in [1.29, 1.82) is 0 Å². The summed E-state index contributed by atoms with van der Waals surface area (Å²) in [5.41, 5.74) is -0.312. The largest absolute Gasteiger partial charge is 0.444 e. The Kier molecular flexibility index (Phi) is 4.36. The van der Waals surface area contributed by atoms with E-state index in [1.807, 2.05) is 20.8 Å². The van der Waals surface area contributed by atoms with Crippen molar-refractivity contribution in [3.05, 3.63) is 0 Å². The fraction of sp³-hybridized carbons (Fsp3) is 0.929. The number of carbonyl (C=O) groups excluding carboxylic acids is 1. The third-order valence-electron chi connectivity index (χ3n) is 4.01. The highest BCUT2D eigenvalue weighted by atomic mass is 16.6. The molecule has 2 N–H and O–H groups in total. The van der Waals surface area contributed by atoms with Crippen molar-refractivity contribution in [2.75, 3.05) is 26.3 Å². The molecule has 5 heteroatoms. The number of amides is 1. The number of ether oxygens (including phenoxy) is 2. The van der Waals surface area contributed by atoms with Crippen molar-refractivity contribution < 1.29 is 14.3 Å². The van der Waals surface area contributed by atoms with Gasteiger partial charge in [0.2, 0.25) is 0 Å². The molecule has 1 amide bonds. The first-order valence-corrected chi connectivity index (χ1v) is 7.19. The Labute approximate surface area is 115 Å². The summed E-state index contributed by atoms with van der Waals surface area (Å²) in [6.45, 7) is 9.14. The zero-order chi connectivity index (χ0) is 13.9. The van der Waals surface area contributed by atoms with Crippen LogP contribution in [0.1, 0.15) is 40.0 Å². The van der Waals surface area contributed by atoms with Crippen LogP contribution in [-0.4, -0.2) is 44.0 Å². The molecule has 0 aromatic rings. The fourth-order valence-electron chi connectivity index (χ4n) is 2.99. The Bertz CT molecular complexity index is 311. The number of carbonyl (C=O) groups is 1. The second-order valence-corrected chi connectivity index (χ2v) is 6.64. The number of alkyl carbamates (subject to hydrolysis) is 1. The fourth-order valence-corrected chi connectivity index (χ4v) is 2.99. The average Bonchev–Trinajstić information content (AvgIpc) is 2.31. The Morgan fingerprint density at radius 3 is 2.68 bits per heavy atom. The predicted octanol–water partition coefficient (Wildman–Crippen LogP) is 1.67. The topological polar surface area (TPSA) is 59.6 Å². The lowest BCUT2D eigenvalue weighted by Crippen LogP contribution is -2.59. The van der Waals surface area contributed by atoms with Gasteiger partial charge in [-0.25, -0.2) is 4.79 Å².